The molecule has 0 amide bonds. The molecule has 0 spiro atoms. The molecule has 1 saturated heterocycles. The van der Waals surface area contributed by atoms with Crippen LogP contribution in [0.3, 0.4) is 0 Å². The van der Waals surface area contributed by atoms with Gasteiger partial charge in [-0.3, -0.25) is 0 Å². The van der Waals surface area contributed by atoms with E-state index < -0.39 is 0 Å². The Morgan fingerprint density at radius 3 is 3.19 bits per heavy atom. The SMILES string of the molecule is Cc1c(Cl)ncnc1NCCC1CCCO1. The second kappa shape index (κ2) is 5.46. The summed E-state index contributed by atoms with van der Waals surface area (Å²) in [5.74, 6) is 0.818. The molecule has 0 aromatic carbocycles. The van der Waals surface area contributed by atoms with Crippen LogP contribution >= 0.6 is 11.6 Å². The first-order valence-electron chi connectivity index (χ1n) is 5.60. The first-order chi connectivity index (χ1) is 7.77. The minimum atomic E-state index is 0.408. The number of hydrogen-bond acceptors (Lipinski definition) is 4. The first-order valence-corrected chi connectivity index (χ1v) is 5.97. The van der Waals surface area contributed by atoms with Crippen molar-refractivity contribution >= 4 is 17.4 Å². The fourth-order valence-corrected chi connectivity index (χ4v) is 1.96. The van der Waals surface area contributed by atoms with Crippen molar-refractivity contribution in [3.8, 4) is 0 Å². The van der Waals surface area contributed by atoms with Crippen molar-refractivity contribution in [3.05, 3.63) is 17.0 Å². The van der Waals surface area contributed by atoms with Crippen molar-refractivity contribution in [2.75, 3.05) is 18.5 Å². The smallest absolute Gasteiger partial charge is 0.137 e. The molecule has 0 radical (unpaired) electrons. The summed E-state index contributed by atoms with van der Waals surface area (Å²) in [6.45, 7) is 3.68. The van der Waals surface area contributed by atoms with Crippen LogP contribution in [0.5, 0.6) is 0 Å². The standard InChI is InChI=1S/C11H16ClN3O/c1-8-10(12)14-7-15-11(8)13-5-4-9-3-2-6-16-9/h7,9H,2-6H2,1H3,(H,13,14,15). The van der Waals surface area contributed by atoms with E-state index in [9.17, 15) is 0 Å². The van der Waals surface area contributed by atoms with E-state index in [4.69, 9.17) is 16.3 Å². The minimum Gasteiger partial charge on any atom is -0.378 e. The Kier molecular flexibility index (Phi) is 3.96. The van der Waals surface area contributed by atoms with Gasteiger partial charge in [0.25, 0.3) is 0 Å². The van der Waals surface area contributed by atoms with Crippen molar-refractivity contribution in [1.29, 1.82) is 0 Å². The normalized spacial score (nSPS) is 20.0. The Balaban J connectivity index is 1.82. The van der Waals surface area contributed by atoms with E-state index in [-0.39, 0.29) is 0 Å². The van der Waals surface area contributed by atoms with E-state index >= 15 is 0 Å². The summed E-state index contributed by atoms with van der Waals surface area (Å²) < 4.78 is 5.55. The zero-order chi connectivity index (χ0) is 11.4. The molecule has 4 nitrogen and oxygen atoms in total. The fraction of sp³-hybridized carbons (Fsp3) is 0.636. The molecule has 1 aliphatic rings. The Hall–Kier alpha value is -0.870. The Morgan fingerprint density at radius 2 is 2.44 bits per heavy atom. The van der Waals surface area contributed by atoms with Gasteiger partial charge in [-0.25, -0.2) is 9.97 Å². The molecule has 2 heterocycles. The highest BCUT2D eigenvalue weighted by Crippen LogP contribution is 2.19. The maximum absolute atomic E-state index is 5.90. The van der Waals surface area contributed by atoms with Gasteiger partial charge in [-0.2, -0.15) is 0 Å². The largest absolute Gasteiger partial charge is 0.378 e. The maximum atomic E-state index is 5.90. The number of rotatable bonds is 4. The topological polar surface area (TPSA) is 47.0 Å². The van der Waals surface area contributed by atoms with Crippen LogP contribution in [0.15, 0.2) is 6.33 Å². The Morgan fingerprint density at radius 1 is 1.56 bits per heavy atom. The highest BCUT2D eigenvalue weighted by molar-refractivity contribution is 6.30. The number of nitrogens with zero attached hydrogens (tertiary/aromatic N) is 2. The second-order valence-electron chi connectivity index (χ2n) is 3.99. The number of anilines is 1. The third-order valence-corrected chi connectivity index (χ3v) is 3.19. The third-order valence-electron chi connectivity index (χ3n) is 2.81. The molecule has 1 N–H and O–H groups in total. The zero-order valence-electron chi connectivity index (χ0n) is 9.37. The summed E-state index contributed by atoms with van der Waals surface area (Å²) in [5.41, 5.74) is 0.900. The van der Waals surface area contributed by atoms with E-state index in [2.05, 4.69) is 15.3 Å². The van der Waals surface area contributed by atoms with E-state index in [0.29, 0.717) is 11.3 Å². The first kappa shape index (κ1) is 11.6. The van der Waals surface area contributed by atoms with Gasteiger partial charge in [0.15, 0.2) is 0 Å². The lowest BCUT2D eigenvalue weighted by Gasteiger charge is -2.11. The molecule has 0 saturated carbocycles. The molecular formula is C11H16ClN3O. The number of halogens is 1. The molecule has 1 atom stereocenters. The van der Waals surface area contributed by atoms with Crippen LogP contribution in [0.1, 0.15) is 24.8 Å². The van der Waals surface area contributed by atoms with Crippen LogP contribution < -0.4 is 5.32 Å². The van der Waals surface area contributed by atoms with Gasteiger partial charge in [0, 0.05) is 18.7 Å². The molecule has 88 valence electrons. The minimum absolute atomic E-state index is 0.408. The lowest BCUT2D eigenvalue weighted by atomic mass is 10.2. The Labute approximate surface area is 100 Å². The summed E-state index contributed by atoms with van der Waals surface area (Å²) in [4.78, 5) is 8.07. The van der Waals surface area contributed by atoms with Crippen molar-refractivity contribution in [2.45, 2.75) is 32.3 Å². The highest BCUT2D eigenvalue weighted by atomic mass is 35.5. The quantitative estimate of drug-likeness (QED) is 0.823. The van der Waals surface area contributed by atoms with E-state index in [1.807, 2.05) is 6.92 Å². The van der Waals surface area contributed by atoms with Gasteiger partial charge < -0.3 is 10.1 Å². The second-order valence-corrected chi connectivity index (χ2v) is 4.35. The van der Waals surface area contributed by atoms with Crippen LogP contribution in [-0.2, 0) is 4.74 Å². The third kappa shape index (κ3) is 2.83. The summed E-state index contributed by atoms with van der Waals surface area (Å²) in [7, 11) is 0. The lowest BCUT2D eigenvalue weighted by molar-refractivity contribution is 0.107. The van der Waals surface area contributed by atoms with Crippen LogP contribution in [-0.4, -0.2) is 29.2 Å². The molecule has 5 heteroatoms. The highest BCUT2D eigenvalue weighted by Gasteiger charge is 2.14. The molecule has 2 rings (SSSR count). The molecular weight excluding hydrogens is 226 g/mol. The molecule has 1 fully saturated rings. The van der Waals surface area contributed by atoms with Gasteiger partial charge in [0.1, 0.15) is 17.3 Å². The molecule has 1 aromatic heterocycles. The number of aromatic nitrogens is 2. The van der Waals surface area contributed by atoms with Gasteiger partial charge in [-0.15, -0.1) is 0 Å². The van der Waals surface area contributed by atoms with Crippen LogP contribution in [0.4, 0.5) is 5.82 Å². The van der Waals surface area contributed by atoms with Crippen LogP contribution in [0.25, 0.3) is 0 Å². The van der Waals surface area contributed by atoms with Gasteiger partial charge in [-0.1, -0.05) is 11.6 Å². The summed E-state index contributed by atoms with van der Waals surface area (Å²) in [5, 5.41) is 3.77. The van der Waals surface area contributed by atoms with Crippen LogP contribution in [0, 0.1) is 6.92 Å². The number of nitrogens with one attached hydrogen (secondary N) is 1. The van der Waals surface area contributed by atoms with Crippen molar-refractivity contribution in [2.24, 2.45) is 0 Å². The molecule has 1 unspecified atom stereocenters. The van der Waals surface area contributed by atoms with Crippen LogP contribution in [0.2, 0.25) is 5.15 Å². The van der Waals surface area contributed by atoms with Gasteiger partial charge in [0.05, 0.1) is 6.10 Å². The molecule has 1 aliphatic heterocycles. The summed E-state index contributed by atoms with van der Waals surface area (Å²) >= 11 is 5.90. The summed E-state index contributed by atoms with van der Waals surface area (Å²) in [6, 6.07) is 0. The monoisotopic (exact) mass is 241 g/mol. The lowest BCUT2D eigenvalue weighted by Crippen LogP contribution is -2.13. The molecule has 0 bridgehead atoms. The van der Waals surface area contributed by atoms with Crippen molar-refractivity contribution in [3.63, 3.8) is 0 Å². The molecule has 1 aromatic rings. The predicted molar refractivity (Wildman–Crippen MR) is 63.9 cm³/mol. The average Bonchev–Trinajstić information content (AvgIpc) is 2.77. The number of ether oxygens (including phenoxy) is 1. The van der Waals surface area contributed by atoms with Crippen molar-refractivity contribution in [1.82, 2.24) is 9.97 Å². The number of hydrogen-bond donors (Lipinski definition) is 1. The van der Waals surface area contributed by atoms with Gasteiger partial charge in [0.2, 0.25) is 0 Å². The zero-order valence-corrected chi connectivity index (χ0v) is 10.1. The van der Waals surface area contributed by atoms with E-state index in [1.54, 1.807) is 0 Å². The predicted octanol–water partition coefficient (Wildman–Crippen LogP) is 2.42. The van der Waals surface area contributed by atoms with Gasteiger partial charge >= 0.3 is 0 Å². The average molecular weight is 242 g/mol. The molecule has 16 heavy (non-hydrogen) atoms. The van der Waals surface area contributed by atoms with Crippen molar-refractivity contribution < 1.29 is 4.74 Å². The maximum Gasteiger partial charge on any atom is 0.137 e. The molecule has 0 aliphatic carbocycles. The Bertz CT molecular complexity index is 353. The summed E-state index contributed by atoms with van der Waals surface area (Å²) in [6.07, 6.45) is 5.25. The van der Waals surface area contributed by atoms with E-state index in [0.717, 1.165) is 31.0 Å². The fourth-order valence-electron chi connectivity index (χ4n) is 1.83. The van der Waals surface area contributed by atoms with E-state index in [1.165, 1.54) is 19.2 Å². The van der Waals surface area contributed by atoms with Gasteiger partial charge in [-0.05, 0) is 26.2 Å².